The van der Waals surface area contributed by atoms with Gasteiger partial charge in [0.2, 0.25) is 5.91 Å². The molecule has 410 valence electrons. The molecule has 7 fully saturated rings. The number of hydrazine groups is 1. The Hall–Kier alpha value is -4.37. The van der Waals surface area contributed by atoms with Crippen LogP contribution in [0.2, 0.25) is 0 Å². The Balaban J connectivity index is 1.00. The van der Waals surface area contributed by atoms with Crippen LogP contribution in [0.5, 0.6) is 0 Å². The number of thiazole rings is 1. The summed E-state index contributed by atoms with van der Waals surface area (Å²) >= 11 is 1.51. The first-order valence-corrected chi connectivity index (χ1v) is 29.3. The van der Waals surface area contributed by atoms with Crippen LogP contribution in [0.25, 0.3) is 33.4 Å². The Bertz CT molecular complexity index is 2760. The molecule has 1 aliphatic carbocycles. The highest BCUT2D eigenvalue weighted by Gasteiger charge is 2.53. The number of aromatic nitrogens is 3. The summed E-state index contributed by atoms with van der Waals surface area (Å²) < 4.78 is 39.1. The lowest BCUT2D eigenvalue weighted by molar-refractivity contribution is -0.164. The highest BCUT2D eigenvalue weighted by Crippen LogP contribution is 2.47. The predicted octanol–water partition coefficient (Wildman–Crippen LogP) is 7.12. The molecule has 6 atom stereocenters. The van der Waals surface area contributed by atoms with Gasteiger partial charge >= 0.3 is 5.97 Å². The number of esters is 1. The maximum absolute atomic E-state index is 15.2. The summed E-state index contributed by atoms with van der Waals surface area (Å²) in [5.41, 5.74) is 10.9. The third-order valence-electron chi connectivity index (χ3n) is 17.8. The summed E-state index contributed by atoms with van der Waals surface area (Å²) in [5.74, 6) is -0.670. The molecule has 7 aliphatic heterocycles. The number of nitrogens with zero attached hydrogens (tertiary/aromatic N) is 6. The molecule has 10 heterocycles. The van der Waals surface area contributed by atoms with E-state index in [1.54, 1.807) is 7.11 Å². The number of hydrogen-bond acceptors (Lipinski definition) is 15. The average Bonchev–Trinajstić information content (AvgIpc) is 3.91. The number of ether oxygens (including phenoxy) is 6. The van der Waals surface area contributed by atoms with E-state index in [0.29, 0.717) is 90.8 Å². The molecular weight excluding hydrogens is 985 g/mol. The van der Waals surface area contributed by atoms with Crippen LogP contribution in [0.4, 0.5) is 0 Å². The summed E-state index contributed by atoms with van der Waals surface area (Å²) in [6.07, 6.45) is 11.0. The maximum atomic E-state index is 15.2. The van der Waals surface area contributed by atoms with Crippen molar-refractivity contribution in [3.63, 3.8) is 0 Å². The minimum absolute atomic E-state index is 0.0198. The van der Waals surface area contributed by atoms with Crippen LogP contribution >= 0.6 is 11.3 Å². The van der Waals surface area contributed by atoms with Crippen molar-refractivity contribution in [3.05, 3.63) is 57.7 Å². The fourth-order valence-electron chi connectivity index (χ4n) is 13.3. The molecule has 1 spiro atoms. The normalized spacial score (nSPS) is 28.2. The maximum Gasteiger partial charge on any atom is 0.324 e. The van der Waals surface area contributed by atoms with Gasteiger partial charge in [0.1, 0.15) is 23.2 Å². The second kappa shape index (κ2) is 21.7. The smallest absolute Gasteiger partial charge is 0.324 e. The van der Waals surface area contributed by atoms with Crippen LogP contribution in [0, 0.1) is 10.8 Å². The largest absolute Gasteiger partial charge is 0.464 e. The zero-order valence-electron chi connectivity index (χ0n) is 45.2. The number of rotatable bonds is 12. The molecule has 12 rings (SSSR count). The van der Waals surface area contributed by atoms with Gasteiger partial charge in [0.15, 0.2) is 0 Å². The number of fused-ring (bicyclic) bond motifs is 6. The molecule has 2 N–H and O–H groups in total. The first kappa shape index (κ1) is 52.3. The SMILES string of the molecule is CO[C@@H](C)c1ncc(C2CCN(C3CC3)CC2)cc1-c1c2c3cc(ccc3n1CCOC1CCOCC1)-c1csc(n1)[C@@H](N1CC3(CCOC3)C1)[C@H](NC(=O)[C@H]1C[C@@H](C)O1)C(=O)N1CCC[C@H](N1)C(=O)OCC(C)(C)C2. The van der Waals surface area contributed by atoms with E-state index in [2.05, 4.69) is 81.7 Å². The fraction of sp³-hybridized carbons (Fsp3) is 0.672. The Morgan fingerprint density at radius 1 is 0.987 bits per heavy atom. The van der Waals surface area contributed by atoms with E-state index in [9.17, 15) is 9.59 Å². The van der Waals surface area contributed by atoms with E-state index in [4.69, 9.17) is 38.4 Å². The highest BCUT2D eigenvalue weighted by atomic mass is 32.1. The molecule has 1 aromatic carbocycles. The minimum atomic E-state index is -1.03. The Labute approximate surface area is 451 Å². The first-order chi connectivity index (χ1) is 36.8. The van der Waals surface area contributed by atoms with Crippen molar-refractivity contribution in [2.75, 3.05) is 79.5 Å². The molecule has 17 nitrogen and oxygen atoms in total. The molecule has 3 aromatic heterocycles. The van der Waals surface area contributed by atoms with Gasteiger partial charge in [-0.3, -0.25) is 29.3 Å². The van der Waals surface area contributed by atoms with Gasteiger partial charge in [0.25, 0.3) is 5.91 Å². The number of pyridine rings is 1. The molecule has 18 heteroatoms. The van der Waals surface area contributed by atoms with Crippen LogP contribution < -0.4 is 10.7 Å². The van der Waals surface area contributed by atoms with E-state index in [1.165, 1.54) is 34.8 Å². The van der Waals surface area contributed by atoms with E-state index < -0.39 is 35.6 Å². The third kappa shape index (κ3) is 10.6. The van der Waals surface area contributed by atoms with Crippen LogP contribution in [-0.2, 0) is 55.8 Å². The van der Waals surface area contributed by atoms with Gasteiger partial charge in [-0.25, -0.2) is 10.4 Å². The highest BCUT2D eigenvalue weighted by molar-refractivity contribution is 7.10. The van der Waals surface area contributed by atoms with Gasteiger partial charge in [-0.05, 0) is 126 Å². The average molecular weight is 1060 g/mol. The third-order valence-corrected chi connectivity index (χ3v) is 18.8. The number of cyclic esters (lactones) is 1. The Morgan fingerprint density at radius 3 is 2.53 bits per heavy atom. The molecule has 0 radical (unpaired) electrons. The fourth-order valence-corrected chi connectivity index (χ4v) is 14.2. The lowest BCUT2D eigenvalue weighted by Gasteiger charge is -2.52. The van der Waals surface area contributed by atoms with Crippen molar-refractivity contribution >= 4 is 40.0 Å². The molecule has 4 aromatic rings. The molecule has 8 aliphatic rings. The zero-order valence-corrected chi connectivity index (χ0v) is 46.0. The number of amides is 2. The predicted molar refractivity (Wildman–Crippen MR) is 287 cm³/mol. The Kier molecular flexibility index (Phi) is 14.9. The number of carbonyl (C=O) groups excluding carboxylic acids is 3. The number of methoxy groups -OCH3 is 1. The zero-order chi connectivity index (χ0) is 52.3. The summed E-state index contributed by atoms with van der Waals surface area (Å²) in [4.78, 5) is 59.4. The Morgan fingerprint density at radius 2 is 1.79 bits per heavy atom. The van der Waals surface area contributed by atoms with Crippen molar-refractivity contribution in [2.45, 2.75) is 159 Å². The standard InChI is InChI=1S/C58H78N8O9S/c1-35-25-48(75-35)53(67)61-50-52(64-31-58(32-64)16-23-72-34-58)54-60-46(30-76-54)38-8-11-47-42(26-38)44(28-57(3,4)33-74-56(69)45-7-6-17-66(62-45)55(50)68)51(65(47)20-24-73-41-14-21-71-22-15-41)43-27-39(29-59-49(43)36(2)70-5)37-12-18-63(19-13-37)40-9-10-40/h8,11,26-27,29-30,35-37,40-41,45,48,50,52,62H,6-7,9-10,12-25,28,31-34H2,1-5H3,(H,61,67)/t35-,36+,45+,48-,50+,52+/m1/s1. The number of hydrogen-bond donors (Lipinski definition) is 2. The van der Waals surface area contributed by atoms with Gasteiger partial charge in [0.05, 0.1) is 61.3 Å². The van der Waals surface area contributed by atoms with E-state index >= 15 is 4.79 Å². The molecular formula is C58H78N8O9S. The summed E-state index contributed by atoms with van der Waals surface area (Å²) in [7, 11) is 1.75. The topological polar surface area (TPSA) is 171 Å². The van der Waals surface area contributed by atoms with E-state index in [0.717, 1.165) is 101 Å². The number of carbonyl (C=O) groups is 3. The number of piperidine rings is 1. The van der Waals surface area contributed by atoms with E-state index in [1.807, 2.05) is 6.92 Å². The van der Waals surface area contributed by atoms with E-state index in [-0.39, 0.29) is 42.1 Å². The van der Waals surface area contributed by atoms with Crippen molar-refractivity contribution in [2.24, 2.45) is 10.8 Å². The lowest BCUT2D eigenvalue weighted by atomic mass is 9.77. The first-order valence-electron chi connectivity index (χ1n) is 28.4. The number of benzene rings is 1. The van der Waals surface area contributed by atoms with Crippen LogP contribution in [0.3, 0.4) is 0 Å². The lowest BCUT2D eigenvalue weighted by Crippen LogP contribution is -2.67. The van der Waals surface area contributed by atoms with Crippen molar-refractivity contribution < 1.29 is 42.8 Å². The molecule has 76 heavy (non-hydrogen) atoms. The molecule has 6 saturated heterocycles. The van der Waals surface area contributed by atoms with Crippen LogP contribution in [-0.4, -0.2) is 163 Å². The molecule has 1 saturated carbocycles. The monoisotopic (exact) mass is 1060 g/mol. The minimum Gasteiger partial charge on any atom is -0.464 e. The molecule has 0 unspecified atom stereocenters. The quantitative estimate of drug-likeness (QED) is 0.138. The number of nitrogens with one attached hydrogen (secondary N) is 2. The second-order valence-corrected chi connectivity index (χ2v) is 25.0. The summed E-state index contributed by atoms with van der Waals surface area (Å²) in [6.45, 7) is 16.4. The van der Waals surface area contributed by atoms with Gasteiger partial charge < -0.3 is 43.2 Å². The summed E-state index contributed by atoms with van der Waals surface area (Å²) in [5, 5.41) is 8.63. The van der Waals surface area contributed by atoms with Gasteiger partial charge in [0, 0.05) is 110 Å². The van der Waals surface area contributed by atoms with Crippen LogP contribution in [0.15, 0.2) is 35.8 Å². The van der Waals surface area contributed by atoms with Gasteiger partial charge in [-0.2, -0.15) is 0 Å². The number of likely N-dealkylation sites (tertiary alicyclic amines) is 2. The van der Waals surface area contributed by atoms with Crippen molar-refractivity contribution in [3.8, 4) is 22.5 Å². The second-order valence-electron chi connectivity index (χ2n) is 24.2. The molecule has 2 amide bonds. The van der Waals surface area contributed by atoms with Gasteiger partial charge in [-0.1, -0.05) is 19.9 Å². The molecule has 6 bridgehead atoms. The van der Waals surface area contributed by atoms with Gasteiger partial charge in [-0.15, -0.1) is 11.3 Å². The summed E-state index contributed by atoms with van der Waals surface area (Å²) in [6, 6.07) is 7.45. The van der Waals surface area contributed by atoms with Crippen molar-refractivity contribution in [1.29, 1.82) is 0 Å². The van der Waals surface area contributed by atoms with Crippen LogP contribution in [0.1, 0.15) is 132 Å². The van der Waals surface area contributed by atoms with Crippen molar-refractivity contribution in [1.82, 2.24) is 40.1 Å².